The van der Waals surface area contributed by atoms with Gasteiger partial charge in [0, 0.05) is 31.9 Å². The molecule has 1 aromatic heterocycles. The Kier molecular flexibility index (Phi) is 6.52. The Hall–Kier alpha value is -0.870. The van der Waals surface area contributed by atoms with Crippen LogP contribution >= 0.6 is 0 Å². The molecule has 0 aliphatic rings. The SMILES string of the molecule is Cc1nn(C)c(C)c1CCCN(C)CCNC(C)C. The fraction of sp³-hybridized carbons (Fsp3) is 0.800. The van der Waals surface area contributed by atoms with Gasteiger partial charge in [0.05, 0.1) is 5.69 Å². The van der Waals surface area contributed by atoms with E-state index in [1.54, 1.807) is 0 Å². The van der Waals surface area contributed by atoms with Gasteiger partial charge in [-0.1, -0.05) is 13.8 Å². The monoisotopic (exact) mass is 266 g/mol. The maximum atomic E-state index is 4.47. The minimum Gasteiger partial charge on any atom is -0.313 e. The lowest BCUT2D eigenvalue weighted by molar-refractivity contribution is 0.322. The average molecular weight is 266 g/mol. The third-order valence-corrected chi connectivity index (χ3v) is 3.67. The van der Waals surface area contributed by atoms with Crippen LogP contribution in [0.25, 0.3) is 0 Å². The summed E-state index contributed by atoms with van der Waals surface area (Å²) < 4.78 is 1.99. The number of rotatable bonds is 8. The lowest BCUT2D eigenvalue weighted by Gasteiger charge is -2.18. The first-order chi connectivity index (χ1) is 8.91. The van der Waals surface area contributed by atoms with Crippen LogP contribution in [0.2, 0.25) is 0 Å². The van der Waals surface area contributed by atoms with Gasteiger partial charge in [0.25, 0.3) is 0 Å². The Morgan fingerprint density at radius 2 is 1.95 bits per heavy atom. The zero-order valence-corrected chi connectivity index (χ0v) is 13.5. The summed E-state index contributed by atoms with van der Waals surface area (Å²) in [7, 11) is 4.22. The van der Waals surface area contributed by atoms with Crippen molar-refractivity contribution < 1.29 is 0 Å². The van der Waals surface area contributed by atoms with E-state index in [1.807, 2.05) is 11.7 Å². The molecule has 1 N–H and O–H groups in total. The summed E-state index contributed by atoms with van der Waals surface area (Å²) in [6.45, 7) is 12.0. The second-order valence-electron chi connectivity index (χ2n) is 5.79. The number of likely N-dealkylation sites (N-methyl/N-ethyl adjacent to an activating group) is 1. The normalized spacial score (nSPS) is 11.8. The molecule has 110 valence electrons. The van der Waals surface area contributed by atoms with Crippen LogP contribution in [-0.4, -0.2) is 47.4 Å². The highest BCUT2D eigenvalue weighted by Gasteiger charge is 2.09. The van der Waals surface area contributed by atoms with E-state index >= 15 is 0 Å². The standard InChI is InChI=1S/C15H30N4/c1-12(2)16-9-11-18(5)10-7-8-15-13(3)17-19(6)14(15)4/h12,16H,7-11H2,1-6H3. The Balaban J connectivity index is 2.26. The van der Waals surface area contributed by atoms with Crippen LogP contribution in [0.15, 0.2) is 0 Å². The molecular weight excluding hydrogens is 236 g/mol. The summed E-state index contributed by atoms with van der Waals surface area (Å²) in [5.41, 5.74) is 3.92. The predicted octanol–water partition coefficient (Wildman–Crippen LogP) is 1.90. The molecule has 0 saturated carbocycles. The van der Waals surface area contributed by atoms with Gasteiger partial charge in [-0.3, -0.25) is 4.68 Å². The van der Waals surface area contributed by atoms with E-state index in [1.165, 1.54) is 23.4 Å². The van der Waals surface area contributed by atoms with Crippen molar-refractivity contribution >= 4 is 0 Å². The van der Waals surface area contributed by atoms with Gasteiger partial charge in [-0.25, -0.2) is 0 Å². The molecule has 0 spiro atoms. The molecule has 0 bridgehead atoms. The largest absolute Gasteiger partial charge is 0.313 e. The zero-order chi connectivity index (χ0) is 14.4. The number of hydrogen-bond acceptors (Lipinski definition) is 3. The highest BCUT2D eigenvalue weighted by Crippen LogP contribution is 2.13. The van der Waals surface area contributed by atoms with Crippen LogP contribution in [0.5, 0.6) is 0 Å². The number of aromatic nitrogens is 2. The minimum atomic E-state index is 0.578. The van der Waals surface area contributed by atoms with Gasteiger partial charge in [0.2, 0.25) is 0 Å². The van der Waals surface area contributed by atoms with Crippen LogP contribution < -0.4 is 5.32 Å². The van der Waals surface area contributed by atoms with Gasteiger partial charge >= 0.3 is 0 Å². The smallest absolute Gasteiger partial charge is 0.0628 e. The van der Waals surface area contributed by atoms with Crippen molar-refractivity contribution in [2.24, 2.45) is 7.05 Å². The van der Waals surface area contributed by atoms with Crippen LogP contribution in [0.3, 0.4) is 0 Å². The average Bonchev–Trinajstić information content (AvgIpc) is 2.55. The molecule has 0 fully saturated rings. The van der Waals surface area contributed by atoms with E-state index in [-0.39, 0.29) is 0 Å². The van der Waals surface area contributed by atoms with E-state index < -0.39 is 0 Å². The lowest BCUT2D eigenvalue weighted by Crippen LogP contribution is -2.33. The predicted molar refractivity (Wildman–Crippen MR) is 81.6 cm³/mol. The molecule has 0 aliphatic heterocycles. The van der Waals surface area contributed by atoms with Gasteiger partial charge in [-0.05, 0) is 45.8 Å². The summed E-state index contributed by atoms with van der Waals surface area (Å²) in [4.78, 5) is 2.40. The van der Waals surface area contributed by atoms with E-state index in [0.29, 0.717) is 6.04 Å². The van der Waals surface area contributed by atoms with E-state index in [4.69, 9.17) is 0 Å². The second-order valence-corrected chi connectivity index (χ2v) is 5.79. The molecule has 0 saturated heterocycles. The second kappa shape index (κ2) is 7.65. The van der Waals surface area contributed by atoms with Crippen molar-refractivity contribution in [2.45, 2.75) is 46.6 Å². The lowest BCUT2D eigenvalue weighted by atomic mass is 10.1. The van der Waals surface area contributed by atoms with Crippen molar-refractivity contribution in [3.63, 3.8) is 0 Å². The Labute approximate surface area is 118 Å². The quantitative estimate of drug-likeness (QED) is 0.780. The summed E-state index contributed by atoms with van der Waals surface area (Å²) in [6, 6.07) is 0.578. The summed E-state index contributed by atoms with van der Waals surface area (Å²) >= 11 is 0. The fourth-order valence-electron chi connectivity index (χ4n) is 2.36. The van der Waals surface area contributed by atoms with Crippen molar-refractivity contribution in [1.82, 2.24) is 20.0 Å². The molecule has 1 rings (SSSR count). The van der Waals surface area contributed by atoms with Crippen molar-refractivity contribution in [1.29, 1.82) is 0 Å². The Bertz CT molecular complexity index is 382. The number of aryl methyl sites for hydroxylation is 2. The molecule has 1 aromatic rings. The molecule has 0 aliphatic carbocycles. The number of nitrogens with one attached hydrogen (secondary N) is 1. The molecule has 19 heavy (non-hydrogen) atoms. The first-order valence-corrected chi connectivity index (χ1v) is 7.32. The third kappa shape index (κ3) is 5.33. The van der Waals surface area contributed by atoms with E-state index in [9.17, 15) is 0 Å². The molecule has 0 aromatic carbocycles. The summed E-state index contributed by atoms with van der Waals surface area (Å²) in [6.07, 6.45) is 2.33. The third-order valence-electron chi connectivity index (χ3n) is 3.67. The summed E-state index contributed by atoms with van der Waals surface area (Å²) in [5.74, 6) is 0. The molecule has 1 heterocycles. The van der Waals surface area contributed by atoms with Gasteiger partial charge < -0.3 is 10.2 Å². The van der Waals surface area contributed by atoms with Crippen LogP contribution in [-0.2, 0) is 13.5 Å². The maximum absolute atomic E-state index is 4.47. The van der Waals surface area contributed by atoms with Crippen molar-refractivity contribution in [2.75, 3.05) is 26.7 Å². The van der Waals surface area contributed by atoms with Crippen LogP contribution in [0.4, 0.5) is 0 Å². The van der Waals surface area contributed by atoms with Crippen LogP contribution in [0, 0.1) is 13.8 Å². The number of nitrogens with zero attached hydrogens (tertiary/aromatic N) is 3. The van der Waals surface area contributed by atoms with E-state index in [2.05, 4.69) is 50.1 Å². The molecule has 4 heteroatoms. The molecule has 0 radical (unpaired) electrons. The van der Waals surface area contributed by atoms with Gasteiger partial charge in [-0.2, -0.15) is 5.10 Å². The van der Waals surface area contributed by atoms with Gasteiger partial charge in [0.1, 0.15) is 0 Å². The first-order valence-electron chi connectivity index (χ1n) is 7.32. The zero-order valence-electron chi connectivity index (χ0n) is 13.5. The van der Waals surface area contributed by atoms with Crippen molar-refractivity contribution in [3.8, 4) is 0 Å². The molecule has 0 amide bonds. The highest BCUT2D eigenvalue weighted by atomic mass is 15.3. The fourth-order valence-corrected chi connectivity index (χ4v) is 2.36. The minimum absolute atomic E-state index is 0.578. The molecule has 4 nitrogen and oxygen atoms in total. The van der Waals surface area contributed by atoms with Gasteiger partial charge in [-0.15, -0.1) is 0 Å². The molecule has 0 atom stereocenters. The van der Waals surface area contributed by atoms with Gasteiger partial charge in [0.15, 0.2) is 0 Å². The maximum Gasteiger partial charge on any atom is 0.0628 e. The molecular formula is C15H30N4. The Morgan fingerprint density at radius 3 is 2.47 bits per heavy atom. The summed E-state index contributed by atoms with van der Waals surface area (Å²) in [5, 5.41) is 7.92. The van der Waals surface area contributed by atoms with Crippen LogP contribution in [0.1, 0.15) is 37.2 Å². The Morgan fingerprint density at radius 1 is 1.26 bits per heavy atom. The highest BCUT2D eigenvalue weighted by molar-refractivity contribution is 5.24. The number of hydrogen-bond donors (Lipinski definition) is 1. The topological polar surface area (TPSA) is 33.1 Å². The van der Waals surface area contributed by atoms with Crippen molar-refractivity contribution in [3.05, 3.63) is 17.0 Å². The van der Waals surface area contributed by atoms with E-state index in [0.717, 1.165) is 26.1 Å². The molecule has 0 unspecified atom stereocenters. The first kappa shape index (κ1) is 16.2.